The van der Waals surface area contributed by atoms with Crippen LogP contribution in [0.1, 0.15) is 41.6 Å². The molecule has 7 nitrogen and oxygen atoms in total. The number of likely N-dealkylation sites (tertiary alicyclic amines) is 1. The summed E-state index contributed by atoms with van der Waals surface area (Å²) < 4.78 is 20.8. The lowest BCUT2D eigenvalue weighted by atomic mass is 10.0. The fourth-order valence-electron chi connectivity index (χ4n) is 5.08. The molecule has 1 aromatic heterocycles. The summed E-state index contributed by atoms with van der Waals surface area (Å²) in [5, 5.41) is 3.08. The van der Waals surface area contributed by atoms with Crippen LogP contribution in [-0.4, -0.2) is 54.1 Å². The van der Waals surface area contributed by atoms with Gasteiger partial charge in [0.05, 0.1) is 0 Å². The van der Waals surface area contributed by atoms with Crippen molar-refractivity contribution in [3.8, 4) is 5.75 Å². The first-order valence-electron chi connectivity index (χ1n) is 13.0. The Bertz CT molecular complexity index is 1170. The number of carbonyl (C=O) groups is 1. The van der Waals surface area contributed by atoms with Gasteiger partial charge in [0.15, 0.2) is 11.6 Å². The number of hydrogen-bond acceptors (Lipinski definition) is 6. The fourth-order valence-corrected chi connectivity index (χ4v) is 5.08. The van der Waals surface area contributed by atoms with Crippen molar-refractivity contribution in [2.75, 3.05) is 36.8 Å². The Hall–Kier alpha value is -3.65. The molecule has 3 heterocycles. The quantitative estimate of drug-likeness (QED) is 0.469. The van der Waals surface area contributed by atoms with Crippen LogP contribution in [0.15, 0.2) is 67.0 Å². The molecule has 0 bridgehead atoms. The molecule has 2 aliphatic heterocycles. The van der Waals surface area contributed by atoms with Crippen LogP contribution in [0.25, 0.3) is 0 Å². The van der Waals surface area contributed by atoms with E-state index in [1.54, 1.807) is 12.1 Å². The number of hydrogen-bond donors (Lipinski definition) is 2. The summed E-state index contributed by atoms with van der Waals surface area (Å²) in [4.78, 5) is 21.5. The van der Waals surface area contributed by atoms with Crippen molar-refractivity contribution >= 4 is 17.3 Å². The largest absolute Gasteiger partial charge is 0.487 e. The average molecular weight is 504 g/mol. The molecule has 0 radical (unpaired) electrons. The van der Waals surface area contributed by atoms with Gasteiger partial charge in [-0.3, -0.25) is 14.7 Å². The summed E-state index contributed by atoms with van der Waals surface area (Å²) in [6.07, 6.45) is 6.90. The molecule has 2 saturated heterocycles. The van der Waals surface area contributed by atoms with E-state index in [-0.39, 0.29) is 23.8 Å². The van der Waals surface area contributed by atoms with Crippen molar-refractivity contribution in [2.45, 2.75) is 44.4 Å². The Labute approximate surface area is 217 Å². The minimum absolute atomic E-state index is 0.0588. The number of nitrogens with zero attached hydrogens (tertiary/aromatic N) is 3. The van der Waals surface area contributed by atoms with E-state index >= 15 is 0 Å². The standard InChI is InChI=1S/C29H34FN5O2/c30-27-19-22(29(36)33-24-9-15-34(16-10-24)20-21-7-13-32-14-8-21)1-6-28(27)37-26-11-17-35(18-12-26)25-4-2-23(31)3-5-25/h1-8,13-14,19,24,26H,9-12,15-18,20,31H2,(H,33,36). The summed E-state index contributed by atoms with van der Waals surface area (Å²) in [6, 6.07) is 16.5. The smallest absolute Gasteiger partial charge is 0.251 e. The summed E-state index contributed by atoms with van der Waals surface area (Å²) in [5.41, 5.74) is 9.22. The molecule has 2 aliphatic rings. The van der Waals surface area contributed by atoms with Crippen LogP contribution in [0.4, 0.5) is 15.8 Å². The number of benzene rings is 2. The SMILES string of the molecule is Nc1ccc(N2CCC(Oc3ccc(C(=O)NC4CCN(Cc5ccncc5)CC4)cc3F)CC2)cc1. The fraction of sp³-hybridized carbons (Fsp3) is 0.379. The van der Waals surface area contributed by atoms with Crippen LogP contribution in [0.3, 0.4) is 0 Å². The Morgan fingerprint density at radius 3 is 2.35 bits per heavy atom. The Kier molecular flexibility index (Phi) is 7.84. The molecule has 3 aromatic rings. The number of amides is 1. The normalized spacial score (nSPS) is 17.5. The number of carbonyl (C=O) groups excluding carboxylic acids is 1. The van der Waals surface area contributed by atoms with E-state index in [0.29, 0.717) is 5.56 Å². The highest BCUT2D eigenvalue weighted by Gasteiger charge is 2.24. The van der Waals surface area contributed by atoms with Crippen molar-refractivity contribution in [2.24, 2.45) is 0 Å². The first-order valence-corrected chi connectivity index (χ1v) is 13.0. The number of pyridine rings is 1. The highest BCUT2D eigenvalue weighted by Crippen LogP contribution is 2.26. The molecule has 0 spiro atoms. The third-order valence-corrected chi connectivity index (χ3v) is 7.27. The zero-order valence-corrected chi connectivity index (χ0v) is 21.0. The Morgan fingerprint density at radius 1 is 0.973 bits per heavy atom. The van der Waals surface area contributed by atoms with Crippen LogP contribution >= 0.6 is 0 Å². The molecular formula is C29H34FN5O2. The summed E-state index contributed by atoms with van der Waals surface area (Å²) in [7, 11) is 0. The van der Waals surface area contributed by atoms with Gasteiger partial charge in [0, 0.05) is 80.9 Å². The molecule has 0 aliphatic carbocycles. The topological polar surface area (TPSA) is 83.7 Å². The predicted octanol–water partition coefficient (Wildman–Crippen LogP) is 4.25. The predicted molar refractivity (Wildman–Crippen MR) is 143 cm³/mol. The first-order chi connectivity index (χ1) is 18.0. The molecule has 194 valence electrons. The maximum absolute atomic E-state index is 14.8. The number of halogens is 1. The third kappa shape index (κ3) is 6.57. The maximum atomic E-state index is 14.8. The van der Waals surface area contributed by atoms with Crippen LogP contribution < -0.4 is 20.7 Å². The second-order valence-electron chi connectivity index (χ2n) is 9.92. The zero-order chi connectivity index (χ0) is 25.6. The van der Waals surface area contributed by atoms with Crippen LogP contribution in [0.5, 0.6) is 5.75 Å². The molecule has 5 rings (SSSR count). The Balaban J connectivity index is 1.08. The second-order valence-corrected chi connectivity index (χ2v) is 9.92. The summed E-state index contributed by atoms with van der Waals surface area (Å²) >= 11 is 0. The van der Waals surface area contributed by atoms with Gasteiger partial charge in [0.1, 0.15) is 6.10 Å². The lowest BCUT2D eigenvalue weighted by Crippen LogP contribution is -2.44. The van der Waals surface area contributed by atoms with E-state index in [4.69, 9.17) is 10.5 Å². The monoisotopic (exact) mass is 503 g/mol. The van der Waals surface area contributed by atoms with Gasteiger partial charge in [-0.2, -0.15) is 0 Å². The van der Waals surface area contributed by atoms with Crippen molar-refractivity contribution < 1.29 is 13.9 Å². The van der Waals surface area contributed by atoms with E-state index in [1.165, 1.54) is 11.6 Å². The molecule has 2 aromatic carbocycles. The number of ether oxygens (including phenoxy) is 1. The van der Waals surface area contributed by atoms with Gasteiger partial charge in [-0.1, -0.05) is 0 Å². The van der Waals surface area contributed by atoms with Gasteiger partial charge in [0.2, 0.25) is 0 Å². The number of nitrogens with two attached hydrogens (primary N) is 1. The van der Waals surface area contributed by atoms with E-state index in [9.17, 15) is 9.18 Å². The minimum Gasteiger partial charge on any atom is -0.487 e. The first kappa shape index (κ1) is 25.0. The Morgan fingerprint density at radius 2 is 1.68 bits per heavy atom. The maximum Gasteiger partial charge on any atom is 0.251 e. The average Bonchev–Trinajstić information content (AvgIpc) is 2.92. The lowest BCUT2D eigenvalue weighted by Gasteiger charge is -2.34. The summed E-state index contributed by atoms with van der Waals surface area (Å²) in [6.45, 7) is 4.36. The molecule has 2 fully saturated rings. The van der Waals surface area contributed by atoms with E-state index in [0.717, 1.165) is 69.8 Å². The molecular weight excluding hydrogens is 469 g/mol. The lowest BCUT2D eigenvalue weighted by molar-refractivity contribution is 0.0908. The molecule has 0 unspecified atom stereocenters. The number of nitrogens with one attached hydrogen (secondary N) is 1. The molecule has 0 atom stereocenters. The van der Waals surface area contributed by atoms with Crippen LogP contribution in [0, 0.1) is 5.82 Å². The number of rotatable bonds is 7. The molecule has 8 heteroatoms. The van der Waals surface area contributed by atoms with Gasteiger partial charge in [-0.15, -0.1) is 0 Å². The molecule has 0 saturated carbocycles. The number of nitrogen functional groups attached to an aromatic ring is 1. The van der Waals surface area contributed by atoms with Crippen molar-refractivity contribution in [3.63, 3.8) is 0 Å². The van der Waals surface area contributed by atoms with Gasteiger partial charge < -0.3 is 20.7 Å². The van der Waals surface area contributed by atoms with E-state index < -0.39 is 5.82 Å². The van der Waals surface area contributed by atoms with Gasteiger partial charge in [0.25, 0.3) is 5.91 Å². The number of piperidine rings is 2. The van der Waals surface area contributed by atoms with Crippen molar-refractivity contribution in [3.05, 3.63) is 83.9 Å². The minimum atomic E-state index is -0.499. The van der Waals surface area contributed by atoms with E-state index in [1.807, 2.05) is 48.8 Å². The van der Waals surface area contributed by atoms with Gasteiger partial charge in [-0.25, -0.2) is 4.39 Å². The zero-order valence-electron chi connectivity index (χ0n) is 21.0. The van der Waals surface area contributed by atoms with Crippen LogP contribution in [0.2, 0.25) is 0 Å². The number of aromatic nitrogens is 1. The van der Waals surface area contributed by atoms with Gasteiger partial charge in [-0.05, 0) is 73.0 Å². The van der Waals surface area contributed by atoms with E-state index in [2.05, 4.69) is 20.1 Å². The third-order valence-electron chi connectivity index (χ3n) is 7.27. The van der Waals surface area contributed by atoms with Crippen molar-refractivity contribution in [1.82, 2.24) is 15.2 Å². The second kappa shape index (κ2) is 11.6. The highest BCUT2D eigenvalue weighted by atomic mass is 19.1. The number of anilines is 2. The van der Waals surface area contributed by atoms with Gasteiger partial charge >= 0.3 is 0 Å². The molecule has 37 heavy (non-hydrogen) atoms. The molecule has 3 N–H and O–H groups in total. The highest BCUT2D eigenvalue weighted by molar-refractivity contribution is 5.94. The summed E-state index contributed by atoms with van der Waals surface area (Å²) in [5.74, 6) is -0.539. The van der Waals surface area contributed by atoms with Crippen molar-refractivity contribution in [1.29, 1.82) is 0 Å². The molecule has 1 amide bonds. The van der Waals surface area contributed by atoms with Crippen LogP contribution in [-0.2, 0) is 6.54 Å².